The van der Waals surface area contributed by atoms with Gasteiger partial charge < -0.3 is 16.0 Å². The summed E-state index contributed by atoms with van der Waals surface area (Å²) in [4.78, 5) is 56.4. The average Bonchev–Trinajstić information content (AvgIpc) is 3.38. The number of rotatable bonds is 10. The molecule has 3 atom stereocenters. The minimum absolute atomic E-state index is 0.0602. The number of carbonyl (C=O) groups excluding carboxylic acids is 4. The van der Waals surface area contributed by atoms with Crippen LogP contribution in [0.3, 0.4) is 0 Å². The normalized spacial score (nSPS) is 15.9. The third-order valence-corrected chi connectivity index (χ3v) is 6.20. The maximum absolute atomic E-state index is 13.2. The van der Waals surface area contributed by atoms with E-state index >= 15 is 0 Å². The van der Waals surface area contributed by atoms with Gasteiger partial charge in [-0.2, -0.15) is 0 Å². The number of amides is 1. The van der Waals surface area contributed by atoms with Crippen molar-refractivity contribution >= 4 is 34.8 Å². The second-order valence-electron chi connectivity index (χ2n) is 8.67. The Hall–Kier alpha value is -4.80. The maximum Gasteiger partial charge on any atom is 0.272 e. The molecular weight excluding hydrogens is 470 g/mol. The SMILES string of the molecule is O=C=C[C@H](C[C@@H]1CCNC1=C=O)NC(=C=O)[C@H](Cc1ccccc1)NC(=O)c1cnc2ccccc2n1. The van der Waals surface area contributed by atoms with E-state index in [1.807, 2.05) is 48.3 Å². The number of aromatic nitrogens is 2. The summed E-state index contributed by atoms with van der Waals surface area (Å²) in [5, 5.41) is 8.88. The molecule has 0 saturated carbocycles. The van der Waals surface area contributed by atoms with Gasteiger partial charge in [0.2, 0.25) is 0 Å². The molecule has 0 aliphatic carbocycles. The molecule has 0 bridgehead atoms. The van der Waals surface area contributed by atoms with Crippen LogP contribution < -0.4 is 16.0 Å². The number of nitrogens with zero attached hydrogens (tertiary/aromatic N) is 2. The molecule has 3 aromatic rings. The van der Waals surface area contributed by atoms with E-state index in [9.17, 15) is 19.2 Å². The van der Waals surface area contributed by atoms with E-state index < -0.39 is 18.0 Å². The molecule has 37 heavy (non-hydrogen) atoms. The van der Waals surface area contributed by atoms with Gasteiger partial charge in [-0.05, 0) is 37.0 Å². The highest BCUT2D eigenvalue weighted by Crippen LogP contribution is 2.23. The number of carbonyl (C=O) groups is 1. The molecule has 4 rings (SSSR count). The first-order valence-electron chi connectivity index (χ1n) is 11.9. The number of nitrogens with one attached hydrogen (secondary N) is 3. The molecule has 1 fully saturated rings. The van der Waals surface area contributed by atoms with Crippen LogP contribution in [-0.2, 0) is 20.8 Å². The van der Waals surface area contributed by atoms with Crippen molar-refractivity contribution in [3.63, 3.8) is 0 Å². The van der Waals surface area contributed by atoms with Crippen molar-refractivity contribution in [2.45, 2.75) is 31.3 Å². The van der Waals surface area contributed by atoms with Crippen LogP contribution in [0.25, 0.3) is 11.0 Å². The lowest BCUT2D eigenvalue weighted by molar-refractivity contribution is 0.0936. The van der Waals surface area contributed by atoms with E-state index in [0.29, 0.717) is 36.1 Å². The summed E-state index contributed by atoms with van der Waals surface area (Å²) in [6.45, 7) is 0.628. The highest BCUT2D eigenvalue weighted by molar-refractivity contribution is 5.94. The predicted molar refractivity (Wildman–Crippen MR) is 137 cm³/mol. The van der Waals surface area contributed by atoms with Gasteiger partial charge in [-0.15, -0.1) is 0 Å². The number of benzene rings is 2. The lowest BCUT2D eigenvalue weighted by atomic mass is 9.95. The molecule has 186 valence electrons. The molecule has 2 heterocycles. The van der Waals surface area contributed by atoms with Crippen molar-refractivity contribution in [2.75, 3.05) is 6.54 Å². The largest absolute Gasteiger partial charge is 0.379 e. The summed E-state index contributed by atoms with van der Waals surface area (Å²) in [6, 6.07) is 15.1. The molecule has 9 heteroatoms. The monoisotopic (exact) mass is 495 g/mol. The Morgan fingerprint density at radius 1 is 1.05 bits per heavy atom. The van der Waals surface area contributed by atoms with Gasteiger partial charge in [0, 0.05) is 18.5 Å². The quantitative estimate of drug-likeness (QED) is 0.363. The maximum atomic E-state index is 13.2. The average molecular weight is 496 g/mol. The molecule has 3 N–H and O–H groups in total. The number of hydrogen-bond donors (Lipinski definition) is 3. The molecule has 0 unspecified atom stereocenters. The first kappa shape index (κ1) is 25.3. The Bertz CT molecular complexity index is 1420. The van der Waals surface area contributed by atoms with E-state index in [0.717, 1.165) is 5.56 Å². The third kappa shape index (κ3) is 6.45. The zero-order valence-electron chi connectivity index (χ0n) is 19.9. The Kier molecular flexibility index (Phi) is 8.37. The highest BCUT2D eigenvalue weighted by Gasteiger charge is 2.27. The second kappa shape index (κ2) is 12.2. The molecule has 1 saturated heterocycles. The highest BCUT2D eigenvalue weighted by atomic mass is 16.2. The van der Waals surface area contributed by atoms with Gasteiger partial charge in [0.05, 0.1) is 35.0 Å². The van der Waals surface area contributed by atoms with E-state index in [2.05, 4.69) is 25.9 Å². The lowest BCUT2D eigenvalue weighted by Crippen LogP contribution is -2.45. The number of para-hydroxylation sites is 2. The van der Waals surface area contributed by atoms with Gasteiger partial charge in [0.1, 0.15) is 29.2 Å². The second-order valence-corrected chi connectivity index (χ2v) is 8.67. The number of allylic oxidation sites excluding steroid dienone is 1. The van der Waals surface area contributed by atoms with E-state index in [1.165, 1.54) is 12.3 Å². The van der Waals surface area contributed by atoms with Crippen LogP contribution in [-0.4, -0.2) is 52.3 Å². The lowest BCUT2D eigenvalue weighted by Gasteiger charge is -2.25. The van der Waals surface area contributed by atoms with Crippen molar-refractivity contribution in [1.82, 2.24) is 25.9 Å². The van der Waals surface area contributed by atoms with Crippen molar-refractivity contribution in [1.29, 1.82) is 0 Å². The van der Waals surface area contributed by atoms with Crippen LogP contribution in [0.15, 0.2) is 78.3 Å². The van der Waals surface area contributed by atoms with E-state index in [-0.39, 0.29) is 23.7 Å². The van der Waals surface area contributed by atoms with Crippen LogP contribution in [0.1, 0.15) is 28.9 Å². The fourth-order valence-electron chi connectivity index (χ4n) is 4.36. The summed E-state index contributed by atoms with van der Waals surface area (Å²) in [6.07, 6.45) is 3.98. The third-order valence-electron chi connectivity index (χ3n) is 6.20. The minimum atomic E-state index is -0.800. The Morgan fingerprint density at radius 2 is 1.81 bits per heavy atom. The van der Waals surface area contributed by atoms with Gasteiger partial charge in [-0.1, -0.05) is 42.5 Å². The molecule has 0 spiro atoms. The van der Waals surface area contributed by atoms with Crippen molar-refractivity contribution in [2.24, 2.45) is 5.92 Å². The summed E-state index contributed by atoms with van der Waals surface area (Å²) < 4.78 is 0. The van der Waals surface area contributed by atoms with E-state index in [1.54, 1.807) is 24.1 Å². The predicted octanol–water partition coefficient (Wildman–Crippen LogP) is 1.75. The molecule has 1 aliphatic rings. The van der Waals surface area contributed by atoms with Gasteiger partial charge in [-0.25, -0.2) is 19.4 Å². The topological polar surface area (TPSA) is 130 Å². The minimum Gasteiger partial charge on any atom is -0.379 e. The summed E-state index contributed by atoms with van der Waals surface area (Å²) >= 11 is 0. The molecule has 1 aliphatic heterocycles. The fraction of sp³-hybridized carbons (Fsp3) is 0.250. The smallest absolute Gasteiger partial charge is 0.272 e. The number of hydrogen-bond acceptors (Lipinski definition) is 8. The van der Waals surface area contributed by atoms with Crippen molar-refractivity contribution < 1.29 is 19.2 Å². The Labute approximate surface area is 213 Å². The van der Waals surface area contributed by atoms with Gasteiger partial charge in [0.25, 0.3) is 5.91 Å². The van der Waals surface area contributed by atoms with Crippen LogP contribution in [0.5, 0.6) is 0 Å². The van der Waals surface area contributed by atoms with Crippen molar-refractivity contribution in [3.8, 4) is 0 Å². The van der Waals surface area contributed by atoms with Gasteiger partial charge >= 0.3 is 0 Å². The van der Waals surface area contributed by atoms with Crippen LogP contribution in [0, 0.1) is 5.92 Å². The Balaban J connectivity index is 1.58. The Morgan fingerprint density at radius 3 is 2.54 bits per heavy atom. The molecule has 1 amide bonds. The standard InChI is InChI=1S/C28H25N5O4/c34-13-11-21(15-20-10-12-29-26(20)17-35)31-27(18-36)24(14-19-6-2-1-3-7-19)33-28(37)25-16-30-22-8-4-5-9-23(22)32-25/h1-9,11,16,20-21,24,29,31H,10,12,14-15H2,(H,33,37)/t20-,21+,24-/m0/s1. The summed E-state index contributed by atoms with van der Waals surface area (Å²) in [5.41, 5.74) is 2.70. The zero-order chi connectivity index (χ0) is 26.0. The van der Waals surface area contributed by atoms with Gasteiger partial charge in [0.15, 0.2) is 0 Å². The molecule has 1 aromatic heterocycles. The van der Waals surface area contributed by atoms with E-state index in [4.69, 9.17) is 0 Å². The summed E-state index contributed by atoms with van der Waals surface area (Å²) in [5.74, 6) is 4.91. The molecule has 2 aromatic carbocycles. The molecule has 9 nitrogen and oxygen atoms in total. The summed E-state index contributed by atoms with van der Waals surface area (Å²) in [7, 11) is 0. The number of fused-ring (bicyclic) bond motifs is 1. The molecule has 0 radical (unpaired) electrons. The zero-order valence-corrected chi connectivity index (χ0v) is 19.9. The van der Waals surface area contributed by atoms with Crippen LogP contribution in [0.4, 0.5) is 0 Å². The van der Waals surface area contributed by atoms with Crippen LogP contribution >= 0.6 is 0 Å². The molecular formula is C28H25N5O4. The van der Waals surface area contributed by atoms with Crippen LogP contribution in [0.2, 0.25) is 0 Å². The van der Waals surface area contributed by atoms with Crippen molar-refractivity contribution in [3.05, 3.63) is 89.5 Å². The first-order chi connectivity index (χ1) is 18.1. The first-order valence-corrected chi connectivity index (χ1v) is 11.9. The van der Waals surface area contributed by atoms with Gasteiger partial charge in [-0.3, -0.25) is 9.78 Å². The fourth-order valence-corrected chi connectivity index (χ4v) is 4.36.